The molecule has 0 saturated carbocycles. The van der Waals surface area contributed by atoms with Crippen LogP contribution in [0.25, 0.3) is 0 Å². The van der Waals surface area contributed by atoms with Gasteiger partial charge < -0.3 is 21.3 Å². The van der Waals surface area contributed by atoms with Gasteiger partial charge in [0.2, 0.25) is 17.7 Å². The molecule has 1 heterocycles. The Morgan fingerprint density at radius 2 is 2.07 bits per heavy atom. The number of halogens is 1. The second-order valence-electron chi connectivity index (χ2n) is 7.50. The van der Waals surface area contributed by atoms with Gasteiger partial charge in [-0.1, -0.05) is 31.5 Å². The van der Waals surface area contributed by atoms with Crippen molar-refractivity contribution in [2.75, 3.05) is 25.0 Å². The third-order valence-electron chi connectivity index (χ3n) is 4.79. The monoisotopic (exact) mass is 408 g/mol. The summed E-state index contributed by atoms with van der Waals surface area (Å²) in [5.41, 5.74) is 0.775. The highest BCUT2D eigenvalue weighted by Gasteiger charge is 2.22. The molecule has 1 aromatic rings. The zero-order chi connectivity index (χ0) is 20.5. The quantitative estimate of drug-likeness (QED) is 0.501. The van der Waals surface area contributed by atoms with Gasteiger partial charge in [0, 0.05) is 42.7 Å². The Kier molecular flexibility index (Phi) is 8.57. The van der Waals surface area contributed by atoms with E-state index in [4.69, 9.17) is 11.6 Å². The second kappa shape index (κ2) is 10.9. The molecule has 2 atom stereocenters. The van der Waals surface area contributed by atoms with E-state index in [2.05, 4.69) is 21.3 Å². The first-order valence-electron chi connectivity index (χ1n) is 9.65. The zero-order valence-corrected chi connectivity index (χ0v) is 17.1. The predicted molar refractivity (Wildman–Crippen MR) is 110 cm³/mol. The van der Waals surface area contributed by atoms with Crippen LogP contribution in [0.15, 0.2) is 24.3 Å². The standard InChI is InChI=1S/C20H29ClN4O3/c1-13(2)17(11-24-19(27)8-14-6-7-18(26)23-10-14)25-20(28)12-22-16-5-3-4-15(21)9-16/h3-5,9,13-14,17,22H,6-8,10-12H2,1-2H3,(H,23,26)(H,24,27)(H,25,28). The van der Waals surface area contributed by atoms with Gasteiger partial charge in [-0.25, -0.2) is 0 Å². The molecule has 28 heavy (non-hydrogen) atoms. The van der Waals surface area contributed by atoms with Gasteiger partial charge in [0.1, 0.15) is 0 Å². The molecule has 1 aromatic carbocycles. The normalized spacial score (nSPS) is 17.6. The van der Waals surface area contributed by atoms with E-state index in [1.165, 1.54) is 0 Å². The fourth-order valence-electron chi connectivity index (χ4n) is 3.01. The average Bonchev–Trinajstić information content (AvgIpc) is 2.65. The van der Waals surface area contributed by atoms with Gasteiger partial charge in [0.05, 0.1) is 6.54 Å². The van der Waals surface area contributed by atoms with Crippen LogP contribution in [0.3, 0.4) is 0 Å². The third kappa shape index (κ3) is 7.76. The number of benzene rings is 1. The molecule has 2 rings (SSSR count). The van der Waals surface area contributed by atoms with Crippen LogP contribution in [0, 0.1) is 11.8 Å². The summed E-state index contributed by atoms with van der Waals surface area (Å²) in [6.07, 6.45) is 1.59. The summed E-state index contributed by atoms with van der Waals surface area (Å²) in [6, 6.07) is 7.01. The summed E-state index contributed by atoms with van der Waals surface area (Å²) >= 11 is 5.93. The summed E-state index contributed by atoms with van der Waals surface area (Å²) in [5, 5.41) is 12.3. The average molecular weight is 409 g/mol. The van der Waals surface area contributed by atoms with Gasteiger partial charge in [0.15, 0.2) is 0 Å². The fourth-order valence-corrected chi connectivity index (χ4v) is 3.20. The fraction of sp³-hybridized carbons (Fsp3) is 0.550. The van der Waals surface area contributed by atoms with E-state index in [-0.39, 0.29) is 42.1 Å². The summed E-state index contributed by atoms with van der Waals surface area (Å²) in [5.74, 6) is 0.183. The Morgan fingerprint density at radius 1 is 1.29 bits per heavy atom. The molecule has 0 bridgehead atoms. The molecule has 8 heteroatoms. The highest BCUT2D eigenvalue weighted by molar-refractivity contribution is 6.30. The number of anilines is 1. The van der Waals surface area contributed by atoms with Crippen molar-refractivity contribution in [3.8, 4) is 0 Å². The molecule has 154 valence electrons. The molecule has 4 N–H and O–H groups in total. The molecule has 0 aliphatic carbocycles. The lowest BCUT2D eigenvalue weighted by Crippen LogP contribution is -2.48. The number of carbonyl (C=O) groups excluding carboxylic acids is 3. The molecule has 0 spiro atoms. The van der Waals surface area contributed by atoms with Gasteiger partial charge in [-0.15, -0.1) is 0 Å². The molecular formula is C20H29ClN4O3. The molecule has 7 nitrogen and oxygen atoms in total. The minimum absolute atomic E-state index is 0.0469. The van der Waals surface area contributed by atoms with E-state index in [1.807, 2.05) is 26.0 Å². The Balaban J connectivity index is 1.73. The predicted octanol–water partition coefficient (Wildman–Crippen LogP) is 1.93. The molecule has 3 amide bonds. The van der Waals surface area contributed by atoms with Gasteiger partial charge in [-0.3, -0.25) is 14.4 Å². The van der Waals surface area contributed by atoms with Crippen LogP contribution in [0.5, 0.6) is 0 Å². The van der Waals surface area contributed by atoms with Crippen molar-refractivity contribution in [1.29, 1.82) is 0 Å². The second-order valence-corrected chi connectivity index (χ2v) is 7.94. The first kappa shape index (κ1) is 22.0. The number of nitrogens with one attached hydrogen (secondary N) is 4. The molecule has 1 saturated heterocycles. The molecular weight excluding hydrogens is 380 g/mol. The smallest absolute Gasteiger partial charge is 0.239 e. The number of piperidine rings is 1. The Morgan fingerprint density at radius 3 is 2.71 bits per heavy atom. The van der Waals surface area contributed by atoms with E-state index in [1.54, 1.807) is 12.1 Å². The Hall–Kier alpha value is -2.28. The number of carbonyl (C=O) groups is 3. The van der Waals surface area contributed by atoms with Crippen molar-refractivity contribution in [3.63, 3.8) is 0 Å². The highest BCUT2D eigenvalue weighted by atomic mass is 35.5. The minimum atomic E-state index is -0.163. The summed E-state index contributed by atoms with van der Waals surface area (Å²) in [4.78, 5) is 35.6. The van der Waals surface area contributed by atoms with Crippen LogP contribution in [0.4, 0.5) is 5.69 Å². The van der Waals surface area contributed by atoms with E-state index < -0.39 is 0 Å². The first-order valence-corrected chi connectivity index (χ1v) is 10.0. The number of rotatable bonds is 9. The molecule has 1 aliphatic heterocycles. The minimum Gasteiger partial charge on any atom is -0.376 e. The SMILES string of the molecule is CC(C)C(CNC(=O)CC1CCC(=O)NC1)NC(=O)CNc1cccc(Cl)c1. The van der Waals surface area contributed by atoms with Crippen LogP contribution < -0.4 is 21.3 Å². The maximum Gasteiger partial charge on any atom is 0.239 e. The van der Waals surface area contributed by atoms with Crippen molar-refractivity contribution in [2.24, 2.45) is 11.8 Å². The summed E-state index contributed by atoms with van der Waals surface area (Å²) in [6.45, 7) is 5.04. The van der Waals surface area contributed by atoms with Gasteiger partial charge in [0.25, 0.3) is 0 Å². The lowest BCUT2D eigenvalue weighted by molar-refractivity contribution is -0.126. The molecule has 1 fully saturated rings. The van der Waals surface area contributed by atoms with E-state index in [9.17, 15) is 14.4 Å². The van der Waals surface area contributed by atoms with Crippen LogP contribution >= 0.6 is 11.6 Å². The van der Waals surface area contributed by atoms with E-state index >= 15 is 0 Å². The van der Waals surface area contributed by atoms with Crippen LogP contribution in [0.2, 0.25) is 5.02 Å². The van der Waals surface area contributed by atoms with Gasteiger partial charge in [-0.2, -0.15) is 0 Å². The topological polar surface area (TPSA) is 99.3 Å². The molecule has 0 aromatic heterocycles. The lowest BCUT2D eigenvalue weighted by Gasteiger charge is -2.25. The Bertz CT molecular complexity index is 686. The van der Waals surface area contributed by atoms with Crippen molar-refractivity contribution >= 4 is 35.0 Å². The lowest BCUT2D eigenvalue weighted by atomic mass is 9.95. The van der Waals surface area contributed by atoms with Crippen molar-refractivity contribution in [2.45, 2.75) is 39.2 Å². The maximum atomic E-state index is 12.2. The van der Waals surface area contributed by atoms with E-state index in [0.717, 1.165) is 12.1 Å². The molecule has 0 radical (unpaired) electrons. The summed E-state index contributed by atoms with van der Waals surface area (Å²) in [7, 11) is 0. The van der Waals surface area contributed by atoms with Gasteiger partial charge >= 0.3 is 0 Å². The van der Waals surface area contributed by atoms with Crippen LogP contribution in [-0.4, -0.2) is 43.4 Å². The first-order chi connectivity index (χ1) is 13.3. The number of amides is 3. The molecule has 1 aliphatic rings. The van der Waals surface area contributed by atoms with Crippen LogP contribution in [0.1, 0.15) is 33.1 Å². The third-order valence-corrected chi connectivity index (χ3v) is 5.02. The molecule has 2 unspecified atom stereocenters. The van der Waals surface area contributed by atoms with E-state index in [0.29, 0.717) is 31.0 Å². The van der Waals surface area contributed by atoms with Crippen molar-refractivity contribution in [1.82, 2.24) is 16.0 Å². The van der Waals surface area contributed by atoms with Crippen molar-refractivity contribution < 1.29 is 14.4 Å². The highest BCUT2D eigenvalue weighted by Crippen LogP contribution is 2.15. The van der Waals surface area contributed by atoms with Crippen molar-refractivity contribution in [3.05, 3.63) is 29.3 Å². The Labute approximate surface area is 171 Å². The zero-order valence-electron chi connectivity index (χ0n) is 16.4. The maximum absolute atomic E-state index is 12.2. The van der Waals surface area contributed by atoms with Gasteiger partial charge in [-0.05, 0) is 36.5 Å². The largest absolute Gasteiger partial charge is 0.376 e. The number of hydrogen-bond acceptors (Lipinski definition) is 4. The van der Waals surface area contributed by atoms with Crippen LogP contribution in [-0.2, 0) is 14.4 Å². The number of hydrogen-bond donors (Lipinski definition) is 4. The summed E-state index contributed by atoms with van der Waals surface area (Å²) < 4.78 is 0.